The molecule has 1 saturated carbocycles. The zero-order valence-electron chi connectivity index (χ0n) is 15.3. The molecule has 4 N–H and O–H groups in total. The van der Waals surface area contributed by atoms with E-state index in [0.717, 1.165) is 25.7 Å². The van der Waals surface area contributed by atoms with Crippen molar-refractivity contribution in [3.05, 3.63) is 24.3 Å². The van der Waals surface area contributed by atoms with Crippen LogP contribution in [0, 0.1) is 11.8 Å². The average molecular weight is 354 g/mol. The molecule has 25 heavy (non-hydrogen) atoms. The molecule has 0 aromatic heterocycles. The van der Waals surface area contributed by atoms with Crippen LogP contribution >= 0.6 is 0 Å². The SMILES string of the molecule is CCCCCC(O)/C=C/[C@H]1[C@H](O)CC(=O)[C@@H]1C/C=C/CCCC(O)O. The molecule has 1 aliphatic carbocycles. The normalized spacial score (nSPS) is 25.7. The van der Waals surface area contributed by atoms with Gasteiger partial charge in [0.05, 0.1) is 12.2 Å². The first-order valence-corrected chi connectivity index (χ1v) is 9.54. The Kier molecular flexibility index (Phi) is 10.9. The number of Topliss-reactive ketones (excluding diaryl/α,β-unsaturated/α-hetero) is 1. The van der Waals surface area contributed by atoms with Crippen molar-refractivity contribution in [3.8, 4) is 0 Å². The summed E-state index contributed by atoms with van der Waals surface area (Å²) in [6.45, 7) is 2.12. The Morgan fingerprint density at radius 3 is 2.56 bits per heavy atom. The first-order chi connectivity index (χ1) is 12.0. The zero-order valence-corrected chi connectivity index (χ0v) is 15.3. The summed E-state index contributed by atoms with van der Waals surface area (Å²) in [6.07, 6.45) is 11.3. The highest BCUT2D eigenvalue weighted by atomic mass is 16.5. The maximum Gasteiger partial charge on any atom is 0.151 e. The molecule has 4 atom stereocenters. The minimum Gasteiger partial charge on any atom is -0.392 e. The highest BCUT2D eigenvalue weighted by Gasteiger charge is 2.39. The predicted octanol–water partition coefficient (Wildman–Crippen LogP) is 2.48. The van der Waals surface area contributed by atoms with E-state index in [1.165, 1.54) is 0 Å². The molecule has 0 amide bonds. The monoisotopic (exact) mass is 354 g/mol. The van der Waals surface area contributed by atoms with E-state index in [1.54, 1.807) is 6.08 Å². The van der Waals surface area contributed by atoms with E-state index in [4.69, 9.17) is 10.2 Å². The van der Waals surface area contributed by atoms with E-state index in [9.17, 15) is 15.0 Å². The molecule has 0 spiro atoms. The molecule has 1 fully saturated rings. The van der Waals surface area contributed by atoms with Crippen molar-refractivity contribution in [3.63, 3.8) is 0 Å². The Bertz CT molecular complexity index is 430. The molecule has 0 aromatic rings. The summed E-state index contributed by atoms with van der Waals surface area (Å²) in [5.74, 6) is -0.413. The third-order valence-electron chi connectivity index (χ3n) is 4.78. The van der Waals surface area contributed by atoms with E-state index in [1.807, 2.05) is 18.2 Å². The Morgan fingerprint density at radius 1 is 1.12 bits per heavy atom. The number of carbonyl (C=O) groups excluding carboxylic acids is 1. The average Bonchev–Trinajstić information content (AvgIpc) is 2.82. The third-order valence-corrected chi connectivity index (χ3v) is 4.78. The molecule has 0 bridgehead atoms. The van der Waals surface area contributed by atoms with Gasteiger partial charge in [0.1, 0.15) is 5.78 Å². The van der Waals surface area contributed by atoms with Crippen LogP contribution in [0.5, 0.6) is 0 Å². The van der Waals surface area contributed by atoms with Gasteiger partial charge in [-0.15, -0.1) is 0 Å². The van der Waals surface area contributed by atoms with Crippen LogP contribution in [0.15, 0.2) is 24.3 Å². The summed E-state index contributed by atoms with van der Waals surface area (Å²) in [4.78, 5) is 12.1. The van der Waals surface area contributed by atoms with Gasteiger partial charge >= 0.3 is 0 Å². The highest BCUT2D eigenvalue weighted by molar-refractivity contribution is 5.84. The first-order valence-electron chi connectivity index (χ1n) is 9.54. The molecular weight excluding hydrogens is 320 g/mol. The summed E-state index contributed by atoms with van der Waals surface area (Å²) < 4.78 is 0. The summed E-state index contributed by atoms with van der Waals surface area (Å²) in [5, 5.41) is 37.7. The van der Waals surface area contributed by atoms with Gasteiger partial charge in [0.2, 0.25) is 0 Å². The van der Waals surface area contributed by atoms with Gasteiger partial charge in [0.25, 0.3) is 0 Å². The lowest BCUT2D eigenvalue weighted by Crippen LogP contribution is -2.18. The topological polar surface area (TPSA) is 98.0 Å². The molecule has 0 aliphatic heterocycles. The van der Waals surface area contributed by atoms with E-state index in [2.05, 4.69) is 6.92 Å². The lowest BCUT2D eigenvalue weighted by atomic mass is 9.90. The van der Waals surface area contributed by atoms with Gasteiger partial charge in [0.15, 0.2) is 6.29 Å². The molecule has 0 saturated heterocycles. The molecule has 1 aliphatic rings. The Hall–Kier alpha value is -1.01. The molecule has 1 rings (SSSR count). The van der Waals surface area contributed by atoms with Crippen LogP contribution in [0.25, 0.3) is 0 Å². The third kappa shape index (κ3) is 8.77. The van der Waals surface area contributed by atoms with Gasteiger partial charge in [0, 0.05) is 18.3 Å². The quantitative estimate of drug-likeness (QED) is 0.245. The molecule has 0 radical (unpaired) electrons. The smallest absolute Gasteiger partial charge is 0.151 e. The van der Waals surface area contributed by atoms with Gasteiger partial charge in [-0.05, 0) is 32.1 Å². The molecule has 5 nitrogen and oxygen atoms in total. The fourth-order valence-corrected chi connectivity index (χ4v) is 3.26. The van der Waals surface area contributed by atoms with Crippen LogP contribution in [0.2, 0.25) is 0 Å². The van der Waals surface area contributed by atoms with Crippen molar-refractivity contribution in [2.24, 2.45) is 11.8 Å². The van der Waals surface area contributed by atoms with Crippen LogP contribution in [0.1, 0.15) is 64.7 Å². The highest BCUT2D eigenvalue weighted by Crippen LogP contribution is 2.33. The molecule has 144 valence electrons. The van der Waals surface area contributed by atoms with E-state index in [0.29, 0.717) is 25.7 Å². The van der Waals surface area contributed by atoms with E-state index < -0.39 is 18.5 Å². The van der Waals surface area contributed by atoms with Gasteiger partial charge in [-0.1, -0.05) is 50.5 Å². The van der Waals surface area contributed by atoms with Gasteiger partial charge in [-0.25, -0.2) is 0 Å². The number of rotatable bonds is 12. The fourth-order valence-electron chi connectivity index (χ4n) is 3.26. The molecule has 0 aromatic carbocycles. The second kappa shape index (κ2) is 12.4. The Balaban J connectivity index is 2.47. The van der Waals surface area contributed by atoms with Crippen LogP contribution in [0.3, 0.4) is 0 Å². The van der Waals surface area contributed by atoms with Crippen molar-refractivity contribution in [1.82, 2.24) is 0 Å². The number of carbonyl (C=O) groups is 1. The van der Waals surface area contributed by atoms with Crippen molar-refractivity contribution >= 4 is 5.78 Å². The van der Waals surface area contributed by atoms with E-state index >= 15 is 0 Å². The lowest BCUT2D eigenvalue weighted by Gasteiger charge is -2.16. The van der Waals surface area contributed by atoms with Gasteiger partial charge in [-0.3, -0.25) is 4.79 Å². The molecule has 0 heterocycles. The Morgan fingerprint density at radius 2 is 1.88 bits per heavy atom. The molecule has 5 heteroatoms. The van der Waals surface area contributed by atoms with Crippen LogP contribution in [-0.2, 0) is 4.79 Å². The summed E-state index contributed by atoms with van der Waals surface area (Å²) in [5.41, 5.74) is 0. The summed E-state index contributed by atoms with van der Waals surface area (Å²) >= 11 is 0. The number of aliphatic hydroxyl groups excluding tert-OH is 3. The number of unbranched alkanes of at least 4 members (excludes halogenated alkanes) is 3. The first kappa shape index (κ1) is 22.0. The van der Waals surface area contributed by atoms with Crippen molar-refractivity contribution < 1.29 is 25.2 Å². The number of allylic oxidation sites excluding steroid dienone is 2. The second-order valence-corrected chi connectivity index (χ2v) is 6.99. The maximum atomic E-state index is 12.1. The minimum atomic E-state index is -1.27. The number of aliphatic hydroxyl groups is 4. The maximum absolute atomic E-state index is 12.1. The summed E-state index contributed by atoms with van der Waals surface area (Å²) in [6, 6.07) is 0. The Labute approximate surface area is 151 Å². The van der Waals surface area contributed by atoms with Gasteiger partial charge in [-0.2, -0.15) is 0 Å². The van der Waals surface area contributed by atoms with Crippen LogP contribution in [-0.4, -0.2) is 44.7 Å². The van der Waals surface area contributed by atoms with Crippen LogP contribution < -0.4 is 0 Å². The molecule has 1 unspecified atom stereocenters. The minimum absolute atomic E-state index is 0.0676. The van der Waals surface area contributed by atoms with Gasteiger partial charge < -0.3 is 20.4 Å². The fraction of sp³-hybridized carbons (Fsp3) is 0.750. The zero-order chi connectivity index (χ0) is 18.7. The number of hydrogen-bond donors (Lipinski definition) is 4. The number of hydrogen-bond acceptors (Lipinski definition) is 5. The van der Waals surface area contributed by atoms with Crippen molar-refractivity contribution in [2.45, 2.75) is 83.2 Å². The number of ketones is 1. The lowest BCUT2D eigenvalue weighted by molar-refractivity contribution is -0.121. The largest absolute Gasteiger partial charge is 0.392 e. The van der Waals surface area contributed by atoms with Crippen molar-refractivity contribution in [2.75, 3.05) is 0 Å². The van der Waals surface area contributed by atoms with Crippen molar-refractivity contribution in [1.29, 1.82) is 0 Å². The second-order valence-electron chi connectivity index (χ2n) is 6.99. The predicted molar refractivity (Wildman–Crippen MR) is 97.7 cm³/mol. The molecular formula is C20H34O5. The standard InChI is InChI=1S/C20H34O5/c1-2-3-6-9-15(21)12-13-17-16(18(22)14-19(17)23)10-7-4-5-8-11-20(24)25/h4,7,12-13,15-17,19-21,23-25H,2-3,5-6,8-11,14H2,1H3/b7-4+,13-12+/t15?,16-,17-,19-/m1/s1. The summed E-state index contributed by atoms with van der Waals surface area (Å²) in [7, 11) is 0. The van der Waals surface area contributed by atoms with Crippen LogP contribution in [0.4, 0.5) is 0 Å². The van der Waals surface area contributed by atoms with E-state index in [-0.39, 0.29) is 24.0 Å².